The van der Waals surface area contributed by atoms with Crippen molar-refractivity contribution in [1.29, 1.82) is 0 Å². The Morgan fingerprint density at radius 2 is 1.87 bits per heavy atom. The summed E-state index contributed by atoms with van der Waals surface area (Å²) in [6, 6.07) is 0. The molecule has 1 atom stereocenters. The maximum Gasteiger partial charge on any atom is 0.314 e. The van der Waals surface area contributed by atoms with Crippen LogP contribution in [0.15, 0.2) is 0 Å². The zero-order valence-electron chi connectivity index (χ0n) is 13.2. The van der Waals surface area contributed by atoms with Gasteiger partial charge >= 0.3 is 5.97 Å². The van der Waals surface area contributed by atoms with Gasteiger partial charge in [-0.05, 0) is 0 Å². The molecule has 9 heteroatoms. The van der Waals surface area contributed by atoms with Gasteiger partial charge in [-0.25, -0.2) is 0 Å². The summed E-state index contributed by atoms with van der Waals surface area (Å²) in [4.78, 5) is 46.6. The van der Waals surface area contributed by atoms with Crippen LogP contribution in [-0.2, 0) is 23.9 Å². The van der Waals surface area contributed by atoms with Crippen molar-refractivity contribution >= 4 is 34.7 Å². The van der Waals surface area contributed by atoms with Crippen LogP contribution in [0.5, 0.6) is 0 Å². The van der Waals surface area contributed by atoms with E-state index < -0.39 is 29.8 Å². The number of esters is 1. The van der Waals surface area contributed by atoms with E-state index in [1.165, 1.54) is 0 Å². The molecule has 0 aromatic heterocycles. The Labute approximate surface area is 138 Å². The third-order valence-electron chi connectivity index (χ3n) is 3.22. The van der Waals surface area contributed by atoms with Gasteiger partial charge in [0.1, 0.15) is 12.5 Å². The van der Waals surface area contributed by atoms with E-state index in [4.69, 9.17) is 4.74 Å². The van der Waals surface area contributed by atoms with Gasteiger partial charge in [0.05, 0.1) is 6.61 Å². The summed E-state index contributed by atoms with van der Waals surface area (Å²) in [7, 11) is 0. The Balaban J connectivity index is 2.72. The van der Waals surface area contributed by atoms with Crippen LogP contribution in [0.1, 0.15) is 26.7 Å². The Bertz CT molecular complexity index is 480. The van der Waals surface area contributed by atoms with Crippen molar-refractivity contribution in [2.75, 3.05) is 25.4 Å². The van der Waals surface area contributed by atoms with Crippen molar-refractivity contribution in [3.05, 3.63) is 0 Å². The van der Waals surface area contributed by atoms with E-state index in [-0.39, 0.29) is 37.1 Å². The third kappa shape index (κ3) is 7.00. The minimum absolute atomic E-state index is 0.0759. The van der Waals surface area contributed by atoms with Crippen molar-refractivity contribution < 1.29 is 29.0 Å². The summed E-state index contributed by atoms with van der Waals surface area (Å²) < 4.78 is 4.98. The Morgan fingerprint density at radius 3 is 2.57 bits per heavy atom. The molecular weight excluding hydrogens is 324 g/mol. The molecule has 0 unspecified atom stereocenters. The fourth-order valence-electron chi connectivity index (χ4n) is 1.76. The van der Waals surface area contributed by atoms with Gasteiger partial charge in [-0.15, -0.1) is 0 Å². The normalized spacial score (nSPS) is 25.3. The summed E-state index contributed by atoms with van der Waals surface area (Å²) in [6.07, 6.45) is -1.72. The summed E-state index contributed by atoms with van der Waals surface area (Å²) in [5, 5.41) is 14.8. The van der Waals surface area contributed by atoms with Crippen molar-refractivity contribution in [3.63, 3.8) is 0 Å². The number of rotatable bonds is 0. The number of hydrogen-bond donors (Lipinski definition) is 3. The van der Waals surface area contributed by atoms with Crippen LogP contribution < -0.4 is 10.6 Å². The topological polar surface area (TPSA) is 122 Å². The first-order valence-electron chi connectivity index (χ1n) is 7.26. The summed E-state index contributed by atoms with van der Waals surface area (Å²) in [6.45, 7) is 3.31. The lowest BCUT2D eigenvalue weighted by atomic mass is 9.87. The van der Waals surface area contributed by atoms with Crippen molar-refractivity contribution in [3.8, 4) is 0 Å². The zero-order chi connectivity index (χ0) is 17.5. The lowest BCUT2D eigenvalue weighted by Gasteiger charge is -2.29. The van der Waals surface area contributed by atoms with E-state index in [0.29, 0.717) is 5.75 Å². The molecule has 1 rings (SSSR count). The molecule has 1 aliphatic heterocycles. The van der Waals surface area contributed by atoms with Gasteiger partial charge < -0.3 is 20.5 Å². The fraction of sp³-hybridized carbons (Fsp3) is 0.714. The monoisotopic (exact) mass is 346 g/mol. The Kier molecular flexibility index (Phi) is 7.50. The molecule has 23 heavy (non-hydrogen) atoms. The van der Waals surface area contributed by atoms with E-state index in [1.54, 1.807) is 13.8 Å². The number of cyclic esters (lactones) is 1. The van der Waals surface area contributed by atoms with Gasteiger partial charge in [0.25, 0.3) is 0 Å². The van der Waals surface area contributed by atoms with E-state index >= 15 is 0 Å². The highest BCUT2D eigenvalue weighted by atomic mass is 32.2. The minimum Gasteiger partial charge on any atom is -0.465 e. The van der Waals surface area contributed by atoms with Crippen LogP contribution in [-0.4, -0.2) is 59.6 Å². The highest BCUT2D eigenvalue weighted by Gasteiger charge is 2.35. The molecule has 1 saturated heterocycles. The summed E-state index contributed by atoms with van der Waals surface area (Å²) >= 11 is 0.945. The largest absolute Gasteiger partial charge is 0.465 e. The number of nitrogens with one attached hydrogen (secondary N) is 2. The number of aliphatic hydroxyl groups excluding tert-OH is 1. The smallest absolute Gasteiger partial charge is 0.314 e. The molecule has 0 aliphatic carbocycles. The lowest BCUT2D eigenvalue weighted by molar-refractivity contribution is -0.154. The number of ether oxygens (including phenoxy) is 1. The van der Waals surface area contributed by atoms with Gasteiger partial charge in [0.2, 0.25) is 11.8 Å². The second kappa shape index (κ2) is 8.88. The molecule has 1 fully saturated rings. The molecule has 1 aliphatic rings. The predicted octanol–water partition coefficient (Wildman–Crippen LogP) is -0.797. The number of amides is 2. The molecule has 130 valence electrons. The van der Waals surface area contributed by atoms with Gasteiger partial charge in [-0.2, -0.15) is 0 Å². The van der Waals surface area contributed by atoms with Crippen LogP contribution in [0.4, 0.5) is 0 Å². The molecule has 0 saturated carbocycles. The van der Waals surface area contributed by atoms with Crippen LogP contribution >= 0.6 is 11.8 Å². The van der Waals surface area contributed by atoms with Crippen LogP contribution in [0.25, 0.3) is 0 Å². The Hall–Kier alpha value is -1.61. The molecule has 0 radical (unpaired) electrons. The maximum atomic E-state index is 11.9. The van der Waals surface area contributed by atoms with Gasteiger partial charge in [-0.3, -0.25) is 19.2 Å². The average Bonchev–Trinajstić information content (AvgIpc) is 2.48. The molecule has 8 nitrogen and oxygen atoms in total. The van der Waals surface area contributed by atoms with Gasteiger partial charge in [0.15, 0.2) is 5.12 Å². The number of aliphatic hydroxyl groups is 1. The molecule has 3 N–H and O–H groups in total. The molecule has 0 aromatic rings. The van der Waals surface area contributed by atoms with E-state index in [9.17, 15) is 24.3 Å². The van der Waals surface area contributed by atoms with Crippen LogP contribution in [0, 0.1) is 5.41 Å². The number of carbonyl (C=O) groups excluding carboxylic acids is 4. The highest BCUT2D eigenvalue weighted by Crippen LogP contribution is 2.22. The maximum absolute atomic E-state index is 11.9. The Morgan fingerprint density at radius 1 is 1.17 bits per heavy atom. The number of carbonyl (C=O) groups is 4. The molecule has 0 aromatic carbocycles. The van der Waals surface area contributed by atoms with Crippen LogP contribution in [0.3, 0.4) is 0 Å². The molecular formula is C14H22N2O6S. The van der Waals surface area contributed by atoms with E-state index in [2.05, 4.69) is 10.6 Å². The average molecular weight is 346 g/mol. The lowest BCUT2D eigenvalue weighted by Crippen LogP contribution is -2.47. The first kappa shape index (κ1) is 19.4. The third-order valence-corrected chi connectivity index (χ3v) is 4.10. The first-order valence-corrected chi connectivity index (χ1v) is 8.24. The van der Waals surface area contributed by atoms with Gasteiger partial charge in [-0.1, -0.05) is 25.6 Å². The number of thioether (sulfide) groups is 1. The molecule has 0 spiro atoms. The quantitative estimate of drug-likeness (QED) is 0.388. The van der Waals surface area contributed by atoms with Gasteiger partial charge in [0, 0.05) is 30.7 Å². The predicted molar refractivity (Wildman–Crippen MR) is 83.5 cm³/mol. The van der Waals surface area contributed by atoms with Crippen LogP contribution in [0.2, 0.25) is 0 Å². The molecule has 1 heterocycles. The molecule has 0 bridgehead atoms. The second-order valence-corrected chi connectivity index (χ2v) is 6.99. The van der Waals surface area contributed by atoms with E-state index in [1.807, 2.05) is 0 Å². The number of hydrogen-bond acceptors (Lipinski definition) is 7. The summed E-state index contributed by atoms with van der Waals surface area (Å²) in [5.41, 5.74) is -1.02. The van der Waals surface area contributed by atoms with Crippen molar-refractivity contribution in [1.82, 2.24) is 10.6 Å². The van der Waals surface area contributed by atoms with E-state index in [0.717, 1.165) is 11.8 Å². The standard InChI is InChI=1S/C14H22N2O6S/c1-14(2)8-22-10(18)7-11(19)23-6-5-15-9(17)3-4-16-13(21)12(14)20/h12,20H,3-8H2,1-2H3,(H,15,17)(H,16,21)/t12-/m0/s1. The van der Waals surface area contributed by atoms with Crippen molar-refractivity contribution in [2.24, 2.45) is 5.41 Å². The SMILES string of the molecule is CC1(C)COC(=O)CC(=O)SCCNC(=O)CCNC(=O)[C@@H]1O. The fourth-order valence-corrected chi connectivity index (χ4v) is 2.41. The zero-order valence-corrected chi connectivity index (χ0v) is 14.0. The summed E-state index contributed by atoms with van der Waals surface area (Å²) in [5.74, 6) is -1.26. The highest BCUT2D eigenvalue weighted by molar-refractivity contribution is 8.13. The minimum atomic E-state index is -1.41. The van der Waals surface area contributed by atoms with Crippen molar-refractivity contribution in [2.45, 2.75) is 32.8 Å². The second-order valence-electron chi connectivity index (χ2n) is 5.84. The first-order chi connectivity index (χ1) is 10.7. The molecule has 2 amide bonds.